The maximum atomic E-state index is 12.6. The van der Waals surface area contributed by atoms with Crippen LogP contribution in [0.5, 0.6) is 0 Å². The molecule has 2 atom stereocenters. The van der Waals surface area contributed by atoms with Crippen LogP contribution in [-0.4, -0.2) is 49.7 Å². The second kappa shape index (κ2) is 6.20. The Kier molecular flexibility index (Phi) is 5.50. The Morgan fingerprint density at radius 3 is 2.25 bits per heavy atom. The molecular formula is C15H29ClN2O2. The van der Waals surface area contributed by atoms with Gasteiger partial charge in [-0.25, -0.2) is 0 Å². The molecule has 0 aromatic carbocycles. The van der Waals surface area contributed by atoms with Gasteiger partial charge >= 0.3 is 0 Å². The van der Waals surface area contributed by atoms with Gasteiger partial charge in [-0.3, -0.25) is 4.79 Å². The molecule has 0 aromatic rings. The standard InChI is InChI=1S/C15H28N2O2.ClH/c1-14(2)12(10-15(14,3)19-5)17(4)13(18)11-6-8-16-9-7-11;/h11-12,16H,6-10H2,1-5H3;1H. The molecule has 5 heteroatoms. The van der Waals surface area contributed by atoms with Gasteiger partial charge in [0.1, 0.15) is 0 Å². The summed E-state index contributed by atoms with van der Waals surface area (Å²) in [5, 5.41) is 3.31. The molecule has 4 nitrogen and oxygen atoms in total. The molecule has 0 radical (unpaired) electrons. The molecule has 1 N–H and O–H groups in total. The molecule has 1 saturated heterocycles. The van der Waals surface area contributed by atoms with Crippen molar-refractivity contribution < 1.29 is 9.53 Å². The summed E-state index contributed by atoms with van der Waals surface area (Å²) in [6.07, 6.45) is 2.87. The third-order valence-corrected chi connectivity index (χ3v) is 5.73. The summed E-state index contributed by atoms with van der Waals surface area (Å²) >= 11 is 0. The average molecular weight is 305 g/mol. The molecule has 1 amide bonds. The first-order valence-corrected chi connectivity index (χ1v) is 7.36. The number of nitrogens with zero attached hydrogens (tertiary/aromatic N) is 1. The highest BCUT2D eigenvalue weighted by atomic mass is 35.5. The van der Waals surface area contributed by atoms with Crippen molar-refractivity contribution in [2.75, 3.05) is 27.2 Å². The van der Waals surface area contributed by atoms with Gasteiger partial charge in [-0.05, 0) is 39.3 Å². The van der Waals surface area contributed by atoms with Crippen molar-refractivity contribution in [2.45, 2.75) is 51.7 Å². The number of carbonyl (C=O) groups is 1. The monoisotopic (exact) mass is 304 g/mol. The second-order valence-corrected chi connectivity index (χ2v) is 6.85. The number of rotatable bonds is 3. The van der Waals surface area contributed by atoms with Crippen molar-refractivity contribution in [2.24, 2.45) is 11.3 Å². The Balaban J connectivity index is 0.00000200. The molecule has 118 valence electrons. The van der Waals surface area contributed by atoms with Gasteiger partial charge in [0.2, 0.25) is 5.91 Å². The van der Waals surface area contributed by atoms with Crippen LogP contribution in [0.3, 0.4) is 0 Å². The fraction of sp³-hybridized carbons (Fsp3) is 0.933. The maximum absolute atomic E-state index is 12.6. The Bertz CT molecular complexity index is 356. The molecule has 20 heavy (non-hydrogen) atoms. The van der Waals surface area contributed by atoms with E-state index in [1.54, 1.807) is 7.11 Å². The van der Waals surface area contributed by atoms with E-state index in [1.807, 2.05) is 11.9 Å². The lowest BCUT2D eigenvalue weighted by Gasteiger charge is -2.61. The third-order valence-electron chi connectivity index (χ3n) is 5.73. The molecule has 0 aromatic heterocycles. The normalized spacial score (nSPS) is 33.0. The molecule has 1 aliphatic heterocycles. The fourth-order valence-corrected chi connectivity index (χ4v) is 3.59. The summed E-state index contributed by atoms with van der Waals surface area (Å²) in [5.41, 5.74) is -0.0978. The number of piperidine rings is 1. The van der Waals surface area contributed by atoms with E-state index < -0.39 is 0 Å². The minimum atomic E-state index is -0.111. The van der Waals surface area contributed by atoms with Crippen LogP contribution in [0.4, 0.5) is 0 Å². The highest BCUT2D eigenvalue weighted by Gasteiger charge is 2.60. The second-order valence-electron chi connectivity index (χ2n) is 6.85. The summed E-state index contributed by atoms with van der Waals surface area (Å²) in [5.74, 6) is 0.522. The zero-order valence-corrected chi connectivity index (χ0v) is 14.2. The SMILES string of the molecule is COC1(C)CC(N(C)C(=O)C2CCNCC2)C1(C)C.Cl. The van der Waals surface area contributed by atoms with Crippen LogP contribution in [0.25, 0.3) is 0 Å². The number of methoxy groups -OCH3 is 1. The van der Waals surface area contributed by atoms with Crippen LogP contribution in [0.1, 0.15) is 40.0 Å². The van der Waals surface area contributed by atoms with Gasteiger partial charge in [-0.2, -0.15) is 0 Å². The molecule has 1 aliphatic carbocycles. The molecule has 0 spiro atoms. The van der Waals surface area contributed by atoms with Gasteiger partial charge in [0.25, 0.3) is 0 Å². The summed E-state index contributed by atoms with van der Waals surface area (Å²) in [6, 6.07) is 0.292. The molecule has 1 heterocycles. The van der Waals surface area contributed by atoms with Gasteiger partial charge in [-0.15, -0.1) is 12.4 Å². The van der Waals surface area contributed by atoms with Crippen molar-refractivity contribution in [3.8, 4) is 0 Å². The van der Waals surface area contributed by atoms with E-state index in [4.69, 9.17) is 4.74 Å². The predicted molar refractivity (Wildman–Crippen MR) is 83.2 cm³/mol. The lowest BCUT2D eigenvalue weighted by Crippen LogP contribution is -2.69. The Morgan fingerprint density at radius 1 is 1.25 bits per heavy atom. The smallest absolute Gasteiger partial charge is 0.225 e. The van der Waals surface area contributed by atoms with Crippen molar-refractivity contribution in [1.82, 2.24) is 10.2 Å². The lowest BCUT2D eigenvalue weighted by atomic mass is 9.55. The Morgan fingerprint density at radius 2 is 1.80 bits per heavy atom. The highest BCUT2D eigenvalue weighted by Crippen LogP contribution is 2.53. The molecule has 2 fully saturated rings. The zero-order chi connectivity index (χ0) is 14.3. The Hall–Kier alpha value is -0.320. The quantitative estimate of drug-likeness (QED) is 0.868. The predicted octanol–water partition coefficient (Wildman–Crippen LogP) is 2.07. The van der Waals surface area contributed by atoms with E-state index in [0.717, 1.165) is 32.4 Å². The number of nitrogens with one attached hydrogen (secondary N) is 1. The lowest BCUT2D eigenvalue weighted by molar-refractivity contribution is -0.208. The number of carbonyl (C=O) groups excluding carboxylic acids is 1. The van der Waals surface area contributed by atoms with Crippen LogP contribution in [0.15, 0.2) is 0 Å². The summed E-state index contributed by atoms with van der Waals surface area (Å²) < 4.78 is 5.65. The van der Waals surface area contributed by atoms with Crippen molar-refractivity contribution >= 4 is 18.3 Å². The van der Waals surface area contributed by atoms with Crippen molar-refractivity contribution in [3.63, 3.8) is 0 Å². The number of halogens is 1. The molecule has 1 saturated carbocycles. The van der Waals surface area contributed by atoms with Gasteiger partial charge < -0.3 is 15.0 Å². The van der Waals surface area contributed by atoms with Crippen LogP contribution < -0.4 is 5.32 Å². The van der Waals surface area contributed by atoms with E-state index in [1.165, 1.54) is 0 Å². The highest BCUT2D eigenvalue weighted by molar-refractivity contribution is 5.85. The molecule has 0 bridgehead atoms. The van der Waals surface area contributed by atoms with E-state index in [9.17, 15) is 4.79 Å². The minimum absolute atomic E-state index is 0. The van der Waals surface area contributed by atoms with Crippen LogP contribution in [0, 0.1) is 11.3 Å². The summed E-state index contributed by atoms with van der Waals surface area (Å²) in [6.45, 7) is 8.49. The van der Waals surface area contributed by atoms with Gasteiger partial charge in [0, 0.05) is 31.5 Å². The van der Waals surface area contributed by atoms with E-state index in [-0.39, 0.29) is 29.3 Å². The van der Waals surface area contributed by atoms with Gasteiger partial charge in [0.15, 0.2) is 0 Å². The maximum Gasteiger partial charge on any atom is 0.225 e. The minimum Gasteiger partial charge on any atom is -0.378 e. The number of amides is 1. The number of hydrogen-bond donors (Lipinski definition) is 1. The zero-order valence-electron chi connectivity index (χ0n) is 13.4. The van der Waals surface area contributed by atoms with E-state index in [2.05, 4.69) is 26.1 Å². The molecular weight excluding hydrogens is 276 g/mol. The number of ether oxygens (including phenoxy) is 1. The third kappa shape index (κ3) is 2.70. The van der Waals surface area contributed by atoms with Gasteiger partial charge in [0.05, 0.1) is 5.60 Å². The van der Waals surface area contributed by atoms with Gasteiger partial charge in [-0.1, -0.05) is 13.8 Å². The van der Waals surface area contributed by atoms with Crippen molar-refractivity contribution in [1.29, 1.82) is 0 Å². The molecule has 2 rings (SSSR count). The first-order valence-electron chi connectivity index (χ1n) is 7.36. The van der Waals surface area contributed by atoms with Crippen LogP contribution in [-0.2, 0) is 9.53 Å². The number of hydrogen-bond acceptors (Lipinski definition) is 3. The summed E-state index contributed by atoms with van der Waals surface area (Å²) in [7, 11) is 3.73. The topological polar surface area (TPSA) is 41.6 Å². The van der Waals surface area contributed by atoms with Crippen LogP contribution >= 0.6 is 12.4 Å². The molecule has 2 unspecified atom stereocenters. The average Bonchev–Trinajstić information content (AvgIpc) is 2.43. The first-order chi connectivity index (χ1) is 8.83. The Labute approximate surface area is 129 Å². The van der Waals surface area contributed by atoms with E-state index in [0.29, 0.717) is 11.9 Å². The fourth-order valence-electron chi connectivity index (χ4n) is 3.59. The summed E-state index contributed by atoms with van der Waals surface area (Å²) in [4.78, 5) is 14.6. The largest absolute Gasteiger partial charge is 0.378 e. The van der Waals surface area contributed by atoms with E-state index >= 15 is 0 Å². The van der Waals surface area contributed by atoms with Crippen LogP contribution in [0.2, 0.25) is 0 Å². The molecule has 2 aliphatic rings. The van der Waals surface area contributed by atoms with Crippen molar-refractivity contribution in [3.05, 3.63) is 0 Å². The first kappa shape index (κ1) is 17.7.